The zero-order valence-corrected chi connectivity index (χ0v) is 16.7. The van der Waals surface area contributed by atoms with E-state index < -0.39 is 0 Å². The first kappa shape index (κ1) is 19.2. The number of rotatable bonds is 6. The van der Waals surface area contributed by atoms with Crippen LogP contribution in [0.3, 0.4) is 0 Å². The Morgan fingerprint density at radius 2 is 1.72 bits per heavy atom. The minimum absolute atomic E-state index is 0.0624. The van der Waals surface area contributed by atoms with Gasteiger partial charge in [-0.2, -0.15) is 0 Å². The number of imidazole rings is 1. The summed E-state index contributed by atoms with van der Waals surface area (Å²) in [5.74, 6) is 0.916. The number of hydrogen-bond acceptors (Lipinski definition) is 4. The SMILES string of the molecule is Cc1nccn1Cc1ccc(C(=O)NCc2ccc(N3CCOCC3)cc2)cc1. The second-order valence-electron chi connectivity index (χ2n) is 7.25. The Kier molecular flexibility index (Phi) is 5.91. The van der Waals surface area contributed by atoms with Gasteiger partial charge in [-0.15, -0.1) is 0 Å². The van der Waals surface area contributed by atoms with E-state index in [0.717, 1.165) is 49.8 Å². The molecule has 1 fully saturated rings. The molecular weight excluding hydrogens is 364 g/mol. The molecule has 0 saturated carbocycles. The molecule has 6 heteroatoms. The summed E-state index contributed by atoms with van der Waals surface area (Å²) >= 11 is 0. The molecule has 1 aliphatic rings. The average Bonchev–Trinajstić information content (AvgIpc) is 3.18. The standard InChI is InChI=1S/C23H26N4O2/c1-18-24-10-11-27(18)17-20-2-6-21(7-3-20)23(28)25-16-19-4-8-22(9-5-19)26-12-14-29-15-13-26/h2-11H,12-17H2,1H3,(H,25,28). The number of aromatic nitrogens is 2. The number of anilines is 1. The summed E-state index contributed by atoms with van der Waals surface area (Å²) in [5.41, 5.74) is 4.09. The average molecular weight is 390 g/mol. The Balaban J connectivity index is 1.30. The molecule has 0 aliphatic carbocycles. The highest BCUT2D eigenvalue weighted by Gasteiger charge is 2.11. The topological polar surface area (TPSA) is 59.4 Å². The summed E-state index contributed by atoms with van der Waals surface area (Å²) in [6.07, 6.45) is 3.75. The Hall–Kier alpha value is -3.12. The van der Waals surface area contributed by atoms with Crippen LogP contribution in [0.4, 0.5) is 5.69 Å². The molecule has 29 heavy (non-hydrogen) atoms. The molecule has 6 nitrogen and oxygen atoms in total. The highest BCUT2D eigenvalue weighted by Crippen LogP contribution is 2.17. The number of aryl methyl sites for hydroxylation is 1. The van der Waals surface area contributed by atoms with Crippen molar-refractivity contribution >= 4 is 11.6 Å². The summed E-state index contributed by atoms with van der Waals surface area (Å²) in [5, 5.41) is 3.00. The Morgan fingerprint density at radius 1 is 1.03 bits per heavy atom. The van der Waals surface area contributed by atoms with Crippen LogP contribution >= 0.6 is 0 Å². The number of carbonyl (C=O) groups is 1. The third-order valence-electron chi connectivity index (χ3n) is 5.26. The first-order valence-corrected chi connectivity index (χ1v) is 9.95. The molecule has 0 spiro atoms. The molecule has 3 aromatic rings. The highest BCUT2D eigenvalue weighted by molar-refractivity contribution is 5.94. The lowest BCUT2D eigenvalue weighted by Crippen LogP contribution is -2.36. The Morgan fingerprint density at radius 3 is 2.38 bits per heavy atom. The molecule has 1 aromatic heterocycles. The van der Waals surface area contributed by atoms with E-state index in [-0.39, 0.29) is 5.91 Å². The Labute approximate surface area is 171 Å². The second kappa shape index (κ2) is 8.92. The summed E-state index contributed by atoms with van der Waals surface area (Å²) < 4.78 is 7.48. The van der Waals surface area contributed by atoms with Crippen LogP contribution in [0.1, 0.15) is 27.3 Å². The molecule has 4 rings (SSSR count). The fourth-order valence-electron chi connectivity index (χ4n) is 3.46. The molecule has 150 valence electrons. The van der Waals surface area contributed by atoms with Gasteiger partial charge in [-0.25, -0.2) is 4.98 Å². The van der Waals surface area contributed by atoms with Gasteiger partial charge < -0.3 is 19.5 Å². The third kappa shape index (κ3) is 4.84. The smallest absolute Gasteiger partial charge is 0.251 e. The van der Waals surface area contributed by atoms with Gasteiger partial charge in [-0.1, -0.05) is 24.3 Å². The van der Waals surface area contributed by atoms with Crippen molar-refractivity contribution in [3.63, 3.8) is 0 Å². The fraction of sp³-hybridized carbons (Fsp3) is 0.304. The summed E-state index contributed by atoms with van der Waals surface area (Å²) in [7, 11) is 0. The number of carbonyl (C=O) groups excluding carboxylic acids is 1. The van der Waals surface area contributed by atoms with E-state index in [1.54, 1.807) is 6.20 Å². The van der Waals surface area contributed by atoms with Crippen molar-refractivity contribution in [3.8, 4) is 0 Å². The summed E-state index contributed by atoms with van der Waals surface area (Å²) in [4.78, 5) is 19.0. The minimum Gasteiger partial charge on any atom is -0.378 e. The molecule has 2 aromatic carbocycles. The van der Waals surface area contributed by atoms with Crippen LogP contribution in [0.15, 0.2) is 60.9 Å². The fourth-order valence-corrected chi connectivity index (χ4v) is 3.46. The molecule has 1 aliphatic heterocycles. The van der Waals surface area contributed by atoms with Crippen LogP contribution in [0, 0.1) is 6.92 Å². The van der Waals surface area contributed by atoms with Crippen LogP contribution in [0.25, 0.3) is 0 Å². The van der Waals surface area contributed by atoms with Crippen molar-refractivity contribution < 1.29 is 9.53 Å². The van der Waals surface area contributed by atoms with E-state index in [0.29, 0.717) is 12.1 Å². The predicted octanol–water partition coefficient (Wildman–Crippen LogP) is 3.01. The lowest BCUT2D eigenvalue weighted by Gasteiger charge is -2.28. The van der Waals surface area contributed by atoms with E-state index in [9.17, 15) is 4.79 Å². The zero-order chi connectivity index (χ0) is 20.1. The molecule has 1 N–H and O–H groups in total. The number of hydrogen-bond donors (Lipinski definition) is 1. The number of ether oxygens (including phenoxy) is 1. The van der Waals surface area contributed by atoms with Gasteiger partial charge >= 0.3 is 0 Å². The zero-order valence-electron chi connectivity index (χ0n) is 16.7. The van der Waals surface area contributed by atoms with Crippen molar-refractivity contribution in [1.29, 1.82) is 0 Å². The van der Waals surface area contributed by atoms with Gasteiger partial charge in [0, 0.05) is 49.8 Å². The van der Waals surface area contributed by atoms with Gasteiger partial charge in [0.1, 0.15) is 5.82 Å². The monoisotopic (exact) mass is 390 g/mol. The van der Waals surface area contributed by atoms with Crippen molar-refractivity contribution in [2.45, 2.75) is 20.0 Å². The highest BCUT2D eigenvalue weighted by atomic mass is 16.5. The number of amides is 1. The maximum Gasteiger partial charge on any atom is 0.251 e. The van der Waals surface area contributed by atoms with E-state index >= 15 is 0 Å². The number of morpholine rings is 1. The molecule has 0 bridgehead atoms. The largest absolute Gasteiger partial charge is 0.378 e. The lowest BCUT2D eigenvalue weighted by molar-refractivity contribution is 0.0951. The number of benzene rings is 2. The maximum atomic E-state index is 12.5. The molecule has 1 amide bonds. The van der Waals surface area contributed by atoms with Crippen LogP contribution in [-0.2, 0) is 17.8 Å². The number of nitrogens with zero attached hydrogens (tertiary/aromatic N) is 3. The van der Waals surface area contributed by atoms with E-state index in [2.05, 4.69) is 44.0 Å². The normalized spacial score (nSPS) is 14.0. The van der Waals surface area contributed by atoms with Gasteiger partial charge in [0.05, 0.1) is 13.2 Å². The van der Waals surface area contributed by atoms with E-state index in [1.165, 1.54) is 5.69 Å². The molecule has 0 radical (unpaired) electrons. The molecule has 2 heterocycles. The Bertz CT molecular complexity index is 942. The molecule has 1 saturated heterocycles. The predicted molar refractivity (Wildman–Crippen MR) is 113 cm³/mol. The van der Waals surface area contributed by atoms with E-state index in [4.69, 9.17) is 4.74 Å². The van der Waals surface area contributed by atoms with Crippen LogP contribution < -0.4 is 10.2 Å². The number of nitrogens with one attached hydrogen (secondary N) is 1. The molecular formula is C23H26N4O2. The minimum atomic E-state index is -0.0624. The van der Waals surface area contributed by atoms with Gasteiger partial charge in [0.2, 0.25) is 0 Å². The van der Waals surface area contributed by atoms with Crippen molar-refractivity contribution in [3.05, 3.63) is 83.4 Å². The van der Waals surface area contributed by atoms with Crippen molar-refractivity contribution in [2.24, 2.45) is 0 Å². The maximum absolute atomic E-state index is 12.5. The first-order valence-electron chi connectivity index (χ1n) is 9.95. The van der Waals surface area contributed by atoms with Crippen molar-refractivity contribution in [1.82, 2.24) is 14.9 Å². The lowest BCUT2D eigenvalue weighted by atomic mass is 10.1. The van der Waals surface area contributed by atoms with Gasteiger partial charge in [0.15, 0.2) is 0 Å². The van der Waals surface area contributed by atoms with Crippen LogP contribution in [0.5, 0.6) is 0 Å². The first-order chi connectivity index (χ1) is 14.2. The molecule has 0 atom stereocenters. The summed E-state index contributed by atoms with van der Waals surface area (Å²) in [6.45, 7) is 6.65. The second-order valence-corrected chi connectivity index (χ2v) is 7.25. The van der Waals surface area contributed by atoms with Crippen LogP contribution in [-0.4, -0.2) is 41.8 Å². The van der Waals surface area contributed by atoms with Crippen LogP contribution in [0.2, 0.25) is 0 Å². The van der Waals surface area contributed by atoms with E-state index in [1.807, 2.05) is 37.4 Å². The van der Waals surface area contributed by atoms with Gasteiger partial charge in [-0.05, 0) is 42.3 Å². The summed E-state index contributed by atoms with van der Waals surface area (Å²) in [6, 6.07) is 16.1. The van der Waals surface area contributed by atoms with Gasteiger partial charge in [0.25, 0.3) is 5.91 Å². The third-order valence-corrected chi connectivity index (χ3v) is 5.26. The van der Waals surface area contributed by atoms with Crippen molar-refractivity contribution in [2.75, 3.05) is 31.2 Å². The quantitative estimate of drug-likeness (QED) is 0.703. The van der Waals surface area contributed by atoms with Gasteiger partial charge in [-0.3, -0.25) is 4.79 Å². The molecule has 0 unspecified atom stereocenters.